The van der Waals surface area contributed by atoms with Crippen LogP contribution in [0.1, 0.15) is 42.0 Å². The number of hydrazine groups is 1. The molecule has 1 saturated carbocycles. The molecule has 4 amide bonds. The number of rotatable bonds is 6. The molecule has 4 aromatic carbocycles. The minimum atomic E-state index is -1.39. The van der Waals surface area contributed by atoms with E-state index in [-0.39, 0.29) is 35.8 Å². The molecule has 3 aliphatic heterocycles. The van der Waals surface area contributed by atoms with Crippen LogP contribution in [-0.4, -0.2) is 33.7 Å². The van der Waals surface area contributed by atoms with Gasteiger partial charge in [0.15, 0.2) is 0 Å². The quantitative estimate of drug-likeness (QED) is 0.167. The van der Waals surface area contributed by atoms with Crippen molar-refractivity contribution >= 4 is 35.0 Å². The average molecular weight is 706 g/mol. The standard InChI is InChI=1S/C44H39N3O6/c1-3-26-11-15-31(16-12-26)46-40(49)34-19-18-33-35(38(34)42(46)51)23-36-41(50)47(45-30-13-9-25(2)10-14-30)43(52)44(36,29-7-5-4-6-8-29)39(33)28-21-27-22-32(48)17-20-37(27)53-24-28/h4-18,20,22,24,34-36,38-39,45,48H,3,19,21,23H2,1-2H3/t34-,35+,36-,38-,39-,44+/m0/s1. The Balaban J connectivity index is 1.21. The van der Waals surface area contributed by atoms with Crippen molar-refractivity contribution in [2.24, 2.45) is 29.6 Å². The third-order valence-electron chi connectivity index (χ3n) is 12.1. The maximum absolute atomic E-state index is 15.4. The molecule has 266 valence electrons. The van der Waals surface area contributed by atoms with Gasteiger partial charge in [-0.2, -0.15) is 5.01 Å². The fourth-order valence-corrected chi connectivity index (χ4v) is 9.70. The monoisotopic (exact) mass is 705 g/mol. The SMILES string of the molecule is CCc1ccc(N2C(=O)[C@H]3[C@H](CC=C4[C@H](C5=COc6ccc(O)cc6C5)[C@]5(c6ccccc6)C(=O)N(Nc6ccc(C)cc6)C(=O)[C@@H]5C[C@H]43)C2=O)cc1. The molecule has 0 bridgehead atoms. The van der Waals surface area contributed by atoms with Gasteiger partial charge in [0.1, 0.15) is 11.5 Å². The largest absolute Gasteiger partial charge is 0.508 e. The molecule has 9 rings (SSSR count). The van der Waals surface area contributed by atoms with Gasteiger partial charge in [-0.05, 0) is 91.3 Å². The summed E-state index contributed by atoms with van der Waals surface area (Å²) in [6.45, 7) is 4.02. The summed E-state index contributed by atoms with van der Waals surface area (Å²) in [6.07, 6.45) is 5.46. The van der Waals surface area contributed by atoms with E-state index < -0.39 is 35.0 Å². The Hall–Kier alpha value is -5.96. The van der Waals surface area contributed by atoms with E-state index in [9.17, 15) is 19.5 Å². The second-order valence-corrected chi connectivity index (χ2v) is 14.9. The first-order chi connectivity index (χ1) is 25.7. The zero-order valence-electron chi connectivity index (χ0n) is 29.5. The Morgan fingerprint density at radius 3 is 2.36 bits per heavy atom. The van der Waals surface area contributed by atoms with Crippen LogP contribution in [0.2, 0.25) is 0 Å². The summed E-state index contributed by atoms with van der Waals surface area (Å²) in [5.41, 5.74) is 8.10. The predicted octanol–water partition coefficient (Wildman–Crippen LogP) is 6.80. The van der Waals surface area contributed by atoms with Gasteiger partial charge in [0.25, 0.3) is 11.8 Å². The lowest BCUT2D eigenvalue weighted by molar-refractivity contribution is -0.139. The highest BCUT2D eigenvalue weighted by Gasteiger charge is 2.70. The second kappa shape index (κ2) is 12.3. The zero-order chi connectivity index (χ0) is 36.6. The molecule has 53 heavy (non-hydrogen) atoms. The first-order valence-corrected chi connectivity index (χ1v) is 18.3. The van der Waals surface area contributed by atoms with Gasteiger partial charge in [-0.15, -0.1) is 0 Å². The van der Waals surface area contributed by atoms with E-state index in [1.807, 2.05) is 85.8 Å². The fraction of sp³-hybridized carbons (Fsp3) is 0.273. The van der Waals surface area contributed by atoms with Crippen LogP contribution in [0.15, 0.2) is 121 Å². The second-order valence-electron chi connectivity index (χ2n) is 14.9. The normalized spacial score (nSPS) is 27.3. The minimum absolute atomic E-state index is 0.0909. The molecule has 3 fully saturated rings. The Morgan fingerprint density at radius 1 is 0.868 bits per heavy atom. The Labute approximate surface area is 307 Å². The Kier molecular flexibility index (Phi) is 7.66. The van der Waals surface area contributed by atoms with Crippen molar-refractivity contribution in [3.05, 3.63) is 143 Å². The number of benzene rings is 4. The molecule has 5 aliphatic rings. The van der Waals surface area contributed by atoms with Crippen LogP contribution in [-0.2, 0) is 37.4 Å². The number of carbonyl (C=O) groups excluding carboxylic acids is 4. The number of nitrogens with zero attached hydrogens (tertiary/aromatic N) is 2. The van der Waals surface area contributed by atoms with E-state index in [1.165, 1.54) is 4.90 Å². The third kappa shape index (κ3) is 4.90. The molecule has 2 aliphatic carbocycles. The average Bonchev–Trinajstić information content (AvgIpc) is 3.56. The van der Waals surface area contributed by atoms with Crippen molar-refractivity contribution in [3.8, 4) is 11.5 Å². The molecule has 9 heteroatoms. The smallest absolute Gasteiger partial charge is 0.260 e. The lowest BCUT2D eigenvalue weighted by atomic mass is 9.48. The maximum Gasteiger partial charge on any atom is 0.260 e. The van der Waals surface area contributed by atoms with E-state index in [4.69, 9.17) is 4.74 Å². The molecule has 2 saturated heterocycles. The topological polar surface area (TPSA) is 116 Å². The summed E-state index contributed by atoms with van der Waals surface area (Å²) in [5, 5.41) is 11.6. The first kappa shape index (κ1) is 32.9. The zero-order valence-corrected chi connectivity index (χ0v) is 29.5. The molecular weight excluding hydrogens is 666 g/mol. The number of ether oxygens (including phenoxy) is 1. The molecule has 0 spiro atoms. The van der Waals surface area contributed by atoms with Gasteiger partial charge >= 0.3 is 0 Å². The predicted molar refractivity (Wildman–Crippen MR) is 198 cm³/mol. The van der Waals surface area contributed by atoms with Crippen molar-refractivity contribution in [2.75, 3.05) is 10.3 Å². The van der Waals surface area contributed by atoms with E-state index >= 15 is 4.79 Å². The van der Waals surface area contributed by atoms with Crippen LogP contribution in [0.4, 0.5) is 11.4 Å². The summed E-state index contributed by atoms with van der Waals surface area (Å²) in [7, 11) is 0. The third-order valence-corrected chi connectivity index (χ3v) is 12.1. The number of amides is 4. The summed E-state index contributed by atoms with van der Waals surface area (Å²) in [4.78, 5) is 60.3. The molecule has 0 radical (unpaired) electrons. The number of fused-ring (bicyclic) bond motifs is 5. The molecule has 6 atom stereocenters. The number of nitrogens with one attached hydrogen (secondary N) is 1. The van der Waals surface area contributed by atoms with Crippen LogP contribution < -0.4 is 15.1 Å². The highest BCUT2D eigenvalue weighted by molar-refractivity contribution is 6.22. The number of phenolic OH excluding ortho intramolecular Hbond substituents is 1. The van der Waals surface area contributed by atoms with Crippen LogP contribution >= 0.6 is 0 Å². The van der Waals surface area contributed by atoms with E-state index in [1.54, 1.807) is 24.5 Å². The number of aryl methyl sites for hydroxylation is 2. The number of allylic oxidation sites excluding steroid dienone is 3. The molecule has 3 heterocycles. The van der Waals surface area contributed by atoms with Crippen LogP contribution in [0.25, 0.3) is 0 Å². The summed E-state index contributed by atoms with van der Waals surface area (Å²) in [6, 6.07) is 29.4. The van der Waals surface area contributed by atoms with Crippen molar-refractivity contribution in [1.82, 2.24) is 5.01 Å². The Morgan fingerprint density at radius 2 is 1.62 bits per heavy atom. The van der Waals surface area contributed by atoms with Crippen molar-refractivity contribution in [1.29, 1.82) is 0 Å². The Bertz CT molecular complexity index is 2240. The number of aromatic hydroxyl groups is 1. The van der Waals surface area contributed by atoms with E-state index in [0.717, 1.165) is 39.3 Å². The maximum atomic E-state index is 15.4. The van der Waals surface area contributed by atoms with Crippen LogP contribution in [0.3, 0.4) is 0 Å². The van der Waals surface area contributed by atoms with Gasteiger partial charge in [-0.3, -0.25) is 29.5 Å². The highest BCUT2D eigenvalue weighted by atomic mass is 16.5. The lowest BCUT2D eigenvalue weighted by Gasteiger charge is -2.51. The van der Waals surface area contributed by atoms with Gasteiger partial charge in [-0.25, -0.2) is 0 Å². The van der Waals surface area contributed by atoms with Crippen molar-refractivity contribution < 1.29 is 29.0 Å². The number of hydrogen-bond acceptors (Lipinski definition) is 7. The van der Waals surface area contributed by atoms with E-state index in [0.29, 0.717) is 35.5 Å². The molecular formula is C44H39N3O6. The van der Waals surface area contributed by atoms with Gasteiger partial charge < -0.3 is 9.84 Å². The lowest BCUT2D eigenvalue weighted by Crippen LogP contribution is -2.55. The van der Waals surface area contributed by atoms with Gasteiger partial charge in [0, 0.05) is 17.9 Å². The summed E-state index contributed by atoms with van der Waals surface area (Å²) in [5.74, 6) is -3.93. The molecule has 0 unspecified atom stereocenters. The summed E-state index contributed by atoms with van der Waals surface area (Å²) >= 11 is 0. The van der Waals surface area contributed by atoms with Gasteiger partial charge in [0.05, 0.1) is 40.8 Å². The van der Waals surface area contributed by atoms with Crippen molar-refractivity contribution in [2.45, 2.75) is 44.9 Å². The van der Waals surface area contributed by atoms with Crippen LogP contribution in [0, 0.1) is 36.5 Å². The molecule has 4 aromatic rings. The van der Waals surface area contributed by atoms with E-state index in [2.05, 4.69) is 18.4 Å². The molecule has 0 aromatic heterocycles. The van der Waals surface area contributed by atoms with Crippen LogP contribution in [0.5, 0.6) is 11.5 Å². The molecule has 9 nitrogen and oxygen atoms in total. The van der Waals surface area contributed by atoms with Crippen molar-refractivity contribution in [3.63, 3.8) is 0 Å². The fourth-order valence-electron chi connectivity index (χ4n) is 9.70. The number of anilines is 2. The number of imide groups is 2. The minimum Gasteiger partial charge on any atom is -0.508 e. The highest BCUT2D eigenvalue weighted by Crippen LogP contribution is 2.63. The summed E-state index contributed by atoms with van der Waals surface area (Å²) < 4.78 is 6.21. The number of carbonyl (C=O) groups is 4. The van der Waals surface area contributed by atoms with Gasteiger partial charge in [-0.1, -0.05) is 78.7 Å². The van der Waals surface area contributed by atoms with Gasteiger partial charge in [0.2, 0.25) is 11.8 Å². The number of hydrogen-bond donors (Lipinski definition) is 2. The number of phenols is 1. The molecule has 2 N–H and O–H groups in total. The first-order valence-electron chi connectivity index (χ1n) is 18.3.